The van der Waals surface area contributed by atoms with Crippen molar-refractivity contribution in [3.05, 3.63) is 34.8 Å². The Morgan fingerprint density at radius 3 is 2.54 bits per heavy atom. The molecule has 2 aromatic rings. The molecule has 0 aliphatic carbocycles. The van der Waals surface area contributed by atoms with E-state index in [4.69, 9.17) is 9.47 Å². The highest BCUT2D eigenvalue weighted by molar-refractivity contribution is 7.89. The third-order valence-corrected chi connectivity index (χ3v) is 5.81. The van der Waals surface area contributed by atoms with E-state index in [9.17, 15) is 8.42 Å². The van der Waals surface area contributed by atoms with Crippen molar-refractivity contribution >= 4 is 21.4 Å². The number of hydrogen-bond donors (Lipinski definition) is 1. The molecule has 0 aliphatic rings. The van der Waals surface area contributed by atoms with Crippen LogP contribution in [-0.2, 0) is 10.0 Å². The Hall–Kier alpha value is -1.64. The molecule has 6 nitrogen and oxygen atoms in total. The Morgan fingerprint density at radius 1 is 1.25 bits per heavy atom. The van der Waals surface area contributed by atoms with Crippen molar-refractivity contribution in [2.45, 2.75) is 31.2 Å². The second-order valence-corrected chi connectivity index (χ2v) is 8.30. The van der Waals surface area contributed by atoms with E-state index in [0.29, 0.717) is 18.1 Å². The number of rotatable bonds is 8. The summed E-state index contributed by atoms with van der Waals surface area (Å²) < 4.78 is 38.8. The maximum atomic E-state index is 12.8. The summed E-state index contributed by atoms with van der Waals surface area (Å²) in [6, 6.07) is 4.25. The zero-order chi connectivity index (χ0) is 17.7. The maximum Gasteiger partial charge on any atom is 0.244 e. The van der Waals surface area contributed by atoms with Crippen LogP contribution in [0.2, 0.25) is 0 Å². The Balaban J connectivity index is 2.35. The summed E-state index contributed by atoms with van der Waals surface area (Å²) in [6.45, 7) is 4.09. The Morgan fingerprint density at radius 2 is 2.00 bits per heavy atom. The van der Waals surface area contributed by atoms with Crippen molar-refractivity contribution in [2.75, 3.05) is 14.2 Å². The van der Waals surface area contributed by atoms with Crippen molar-refractivity contribution in [1.29, 1.82) is 0 Å². The summed E-state index contributed by atoms with van der Waals surface area (Å²) >= 11 is 1.44. The van der Waals surface area contributed by atoms with Crippen LogP contribution in [0.4, 0.5) is 0 Å². The Kier molecular flexibility index (Phi) is 6.20. The van der Waals surface area contributed by atoms with E-state index in [0.717, 1.165) is 5.01 Å². The number of hydrogen-bond acceptors (Lipinski definition) is 6. The molecule has 24 heavy (non-hydrogen) atoms. The first-order valence-electron chi connectivity index (χ1n) is 7.51. The molecule has 0 saturated heterocycles. The predicted molar refractivity (Wildman–Crippen MR) is 94.2 cm³/mol. The molecular weight excluding hydrogens is 348 g/mol. The van der Waals surface area contributed by atoms with Gasteiger partial charge in [-0.2, -0.15) is 0 Å². The molecule has 1 aromatic carbocycles. The number of benzene rings is 1. The zero-order valence-corrected chi connectivity index (χ0v) is 15.8. The fourth-order valence-electron chi connectivity index (χ4n) is 2.32. The van der Waals surface area contributed by atoms with Crippen molar-refractivity contribution in [3.63, 3.8) is 0 Å². The lowest BCUT2D eigenvalue weighted by atomic mass is 10.1. The molecule has 1 heterocycles. The van der Waals surface area contributed by atoms with E-state index in [2.05, 4.69) is 9.71 Å². The number of methoxy groups -OCH3 is 2. The third-order valence-electron chi connectivity index (χ3n) is 3.41. The lowest BCUT2D eigenvalue weighted by Crippen LogP contribution is -2.30. The van der Waals surface area contributed by atoms with Crippen molar-refractivity contribution in [1.82, 2.24) is 9.71 Å². The van der Waals surface area contributed by atoms with E-state index >= 15 is 0 Å². The topological polar surface area (TPSA) is 77.5 Å². The molecule has 0 radical (unpaired) electrons. The van der Waals surface area contributed by atoms with Gasteiger partial charge in [0.25, 0.3) is 0 Å². The number of nitrogens with one attached hydrogen (secondary N) is 1. The van der Waals surface area contributed by atoms with E-state index in [1.165, 1.54) is 31.6 Å². The lowest BCUT2D eigenvalue weighted by molar-refractivity contribution is 0.385. The highest BCUT2D eigenvalue weighted by Gasteiger charge is 2.26. The maximum absolute atomic E-state index is 12.8. The molecule has 1 N–H and O–H groups in total. The zero-order valence-electron chi connectivity index (χ0n) is 14.1. The molecule has 1 atom stereocenters. The lowest BCUT2D eigenvalue weighted by Gasteiger charge is -2.19. The Bertz CT molecular complexity index is 758. The second-order valence-electron chi connectivity index (χ2n) is 5.69. The van der Waals surface area contributed by atoms with Crippen molar-refractivity contribution < 1.29 is 17.9 Å². The largest absolute Gasteiger partial charge is 0.497 e. The second kappa shape index (κ2) is 7.96. The molecule has 0 amide bonds. The first kappa shape index (κ1) is 18.7. The quantitative estimate of drug-likeness (QED) is 0.772. The molecular formula is C16H22N2O4S2. The summed E-state index contributed by atoms with van der Waals surface area (Å²) in [5, 5.41) is 2.59. The van der Waals surface area contributed by atoms with Gasteiger partial charge in [-0.3, -0.25) is 0 Å². The number of nitrogens with zero attached hydrogens (tertiary/aromatic N) is 1. The van der Waals surface area contributed by atoms with Crippen LogP contribution < -0.4 is 14.2 Å². The molecule has 0 saturated carbocycles. The highest BCUT2D eigenvalue weighted by Crippen LogP contribution is 2.31. The molecule has 8 heteroatoms. The number of aromatic nitrogens is 1. The van der Waals surface area contributed by atoms with Gasteiger partial charge in [-0.25, -0.2) is 18.1 Å². The average molecular weight is 370 g/mol. The van der Waals surface area contributed by atoms with Gasteiger partial charge in [0.05, 0.1) is 20.3 Å². The number of ether oxygens (including phenoxy) is 2. The van der Waals surface area contributed by atoms with Crippen LogP contribution in [0.15, 0.2) is 34.7 Å². The van der Waals surface area contributed by atoms with Crippen molar-refractivity contribution in [2.24, 2.45) is 5.92 Å². The predicted octanol–water partition coefficient (Wildman–Crippen LogP) is 3.23. The van der Waals surface area contributed by atoms with Gasteiger partial charge >= 0.3 is 0 Å². The standard InChI is InChI=1S/C16H22N2O4S2/c1-11(2)9-13(16-17-7-8-23-16)18-24(19,20)15-6-5-12(21-3)10-14(15)22-4/h5-8,10-11,13,18H,9H2,1-4H3. The minimum Gasteiger partial charge on any atom is -0.497 e. The monoisotopic (exact) mass is 370 g/mol. The van der Waals surface area contributed by atoms with Crippen LogP contribution in [0.5, 0.6) is 11.5 Å². The van der Waals surface area contributed by atoms with Gasteiger partial charge in [-0.15, -0.1) is 11.3 Å². The Labute approximate surface area is 146 Å². The van der Waals surface area contributed by atoms with Gasteiger partial charge < -0.3 is 9.47 Å². The molecule has 0 bridgehead atoms. The molecule has 0 aliphatic heterocycles. The average Bonchev–Trinajstić information content (AvgIpc) is 3.07. The van der Waals surface area contributed by atoms with Gasteiger partial charge in [0, 0.05) is 17.6 Å². The first-order valence-corrected chi connectivity index (χ1v) is 9.87. The molecule has 132 valence electrons. The molecule has 0 fully saturated rings. The minimum atomic E-state index is -3.76. The molecule has 2 rings (SSSR count). The SMILES string of the molecule is COc1ccc(S(=O)(=O)NC(CC(C)C)c2nccs2)c(OC)c1. The molecule has 1 unspecified atom stereocenters. The fraction of sp³-hybridized carbons (Fsp3) is 0.438. The van der Waals surface area contributed by atoms with Crippen LogP contribution in [0.25, 0.3) is 0 Å². The highest BCUT2D eigenvalue weighted by atomic mass is 32.2. The van der Waals surface area contributed by atoms with Gasteiger partial charge in [-0.1, -0.05) is 13.8 Å². The summed E-state index contributed by atoms with van der Waals surface area (Å²) in [5.74, 6) is 1.09. The van der Waals surface area contributed by atoms with Crippen LogP contribution in [0, 0.1) is 5.92 Å². The van der Waals surface area contributed by atoms with Crippen LogP contribution in [0.1, 0.15) is 31.3 Å². The number of sulfonamides is 1. The van der Waals surface area contributed by atoms with Crippen LogP contribution in [0.3, 0.4) is 0 Å². The van der Waals surface area contributed by atoms with Crippen LogP contribution in [-0.4, -0.2) is 27.6 Å². The number of thiazole rings is 1. The summed E-state index contributed by atoms with van der Waals surface area (Å²) in [5.41, 5.74) is 0. The first-order chi connectivity index (χ1) is 11.4. The fourth-order valence-corrected chi connectivity index (χ4v) is 4.47. The van der Waals surface area contributed by atoms with E-state index in [1.807, 2.05) is 19.2 Å². The normalized spacial score (nSPS) is 13.0. The minimum absolute atomic E-state index is 0.0797. The van der Waals surface area contributed by atoms with E-state index < -0.39 is 10.0 Å². The van der Waals surface area contributed by atoms with Gasteiger partial charge in [0.15, 0.2) is 0 Å². The van der Waals surface area contributed by atoms with Gasteiger partial charge in [0.1, 0.15) is 21.4 Å². The summed E-state index contributed by atoms with van der Waals surface area (Å²) in [6.07, 6.45) is 2.33. The molecule has 0 spiro atoms. The summed E-state index contributed by atoms with van der Waals surface area (Å²) in [4.78, 5) is 4.34. The van der Waals surface area contributed by atoms with E-state index in [1.54, 1.807) is 18.3 Å². The summed E-state index contributed by atoms with van der Waals surface area (Å²) in [7, 11) is -0.816. The smallest absolute Gasteiger partial charge is 0.244 e. The van der Waals surface area contributed by atoms with Gasteiger partial charge in [0.2, 0.25) is 10.0 Å². The van der Waals surface area contributed by atoms with Gasteiger partial charge in [-0.05, 0) is 24.5 Å². The van der Waals surface area contributed by atoms with E-state index in [-0.39, 0.29) is 16.7 Å². The molecule has 1 aromatic heterocycles. The van der Waals surface area contributed by atoms with Crippen LogP contribution >= 0.6 is 11.3 Å². The third kappa shape index (κ3) is 4.46. The van der Waals surface area contributed by atoms with Crippen molar-refractivity contribution in [3.8, 4) is 11.5 Å².